The smallest absolute Gasteiger partial charge is 0.0971 e. The van der Waals surface area contributed by atoms with Crippen LogP contribution in [0.5, 0.6) is 0 Å². The molecule has 28 heavy (non-hydrogen) atoms. The number of hydrogen-bond donors (Lipinski definition) is 0. The summed E-state index contributed by atoms with van der Waals surface area (Å²) in [6.45, 7) is 0. The van der Waals surface area contributed by atoms with Crippen LogP contribution in [0.1, 0.15) is 0 Å². The molecular weight excluding hydrogens is 380 g/mol. The van der Waals surface area contributed by atoms with Gasteiger partial charge in [-0.25, -0.2) is 0 Å². The summed E-state index contributed by atoms with van der Waals surface area (Å²) < 4.78 is 0. The zero-order valence-corrected chi connectivity index (χ0v) is 16.7. The van der Waals surface area contributed by atoms with Crippen molar-refractivity contribution < 1.29 is 0 Å². The van der Waals surface area contributed by atoms with Gasteiger partial charge in [0.15, 0.2) is 0 Å². The molecular formula is C24H18N2S2. The number of fused-ring (bicyclic) bond motifs is 6. The highest BCUT2D eigenvalue weighted by Gasteiger charge is 2.08. The van der Waals surface area contributed by atoms with E-state index in [1.165, 1.54) is 21.5 Å². The lowest BCUT2D eigenvalue weighted by Gasteiger charge is -2.07. The fourth-order valence-corrected chi connectivity index (χ4v) is 3.94. The molecule has 2 nitrogen and oxygen atoms in total. The second kappa shape index (κ2) is 9.22. The van der Waals surface area contributed by atoms with Crippen LogP contribution in [0.25, 0.3) is 32.6 Å². The molecule has 0 spiro atoms. The van der Waals surface area contributed by atoms with Crippen LogP contribution in [0, 0.1) is 0 Å². The average molecular weight is 399 g/mol. The highest BCUT2D eigenvalue weighted by Crippen LogP contribution is 2.32. The van der Waals surface area contributed by atoms with Crippen molar-refractivity contribution in [3.8, 4) is 0 Å². The maximum Gasteiger partial charge on any atom is 0.0971 e. The first-order valence-corrected chi connectivity index (χ1v) is 10.8. The number of benzene rings is 3. The van der Waals surface area contributed by atoms with E-state index >= 15 is 0 Å². The van der Waals surface area contributed by atoms with E-state index in [1.54, 1.807) is 35.1 Å². The molecule has 3 aromatic carbocycles. The van der Waals surface area contributed by atoms with E-state index in [-0.39, 0.29) is 0 Å². The van der Waals surface area contributed by atoms with Crippen molar-refractivity contribution in [1.29, 1.82) is 0 Å². The SMILES string of the molecule is c1ccc2c(c1)c1ccccc1c1nccnc21.c1ccsc1.c1ccsc1. The molecule has 0 aliphatic heterocycles. The Morgan fingerprint density at radius 3 is 1.11 bits per heavy atom. The van der Waals surface area contributed by atoms with Crippen LogP contribution in [0.3, 0.4) is 0 Å². The minimum atomic E-state index is 0.979. The lowest BCUT2D eigenvalue weighted by molar-refractivity contribution is 1.31. The molecule has 0 saturated heterocycles. The second-order valence-corrected chi connectivity index (χ2v) is 7.56. The Morgan fingerprint density at radius 1 is 0.429 bits per heavy atom. The molecule has 0 bridgehead atoms. The van der Waals surface area contributed by atoms with E-state index in [9.17, 15) is 0 Å². The third-order valence-corrected chi connectivity index (χ3v) is 5.46. The summed E-state index contributed by atoms with van der Waals surface area (Å²) in [5.74, 6) is 0. The number of rotatable bonds is 0. The predicted octanol–water partition coefficient (Wildman–Crippen LogP) is 7.43. The van der Waals surface area contributed by atoms with Crippen LogP contribution < -0.4 is 0 Å². The molecule has 3 heterocycles. The predicted molar refractivity (Wildman–Crippen MR) is 123 cm³/mol. The largest absolute Gasteiger partial charge is 0.252 e. The summed E-state index contributed by atoms with van der Waals surface area (Å²) in [5.41, 5.74) is 1.96. The Morgan fingerprint density at radius 2 is 0.786 bits per heavy atom. The topological polar surface area (TPSA) is 25.8 Å². The summed E-state index contributed by atoms with van der Waals surface area (Å²) in [6.07, 6.45) is 3.51. The molecule has 0 unspecified atom stereocenters. The van der Waals surface area contributed by atoms with Gasteiger partial charge >= 0.3 is 0 Å². The maximum absolute atomic E-state index is 4.50. The number of nitrogens with zero attached hydrogens (tertiary/aromatic N) is 2. The Balaban J connectivity index is 0.000000157. The van der Waals surface area contributed by atoms with Gasteiger partial charge in [0.2, 0.25) is 0 Å². The summed E-state index contributed by atoms with van der Waals surface area (Å²) in [7, 11) is 0. The van der Waals surface area contributed by atoms with Gasteiger partial charge in [-0.3, -0.25) is 9.97 Å². The standard InChI is InChI=1S/C16H10N2.2C4H4S/c1-3-7-13-11(5-1)12-6-2-4-8-14(12)16-15(13)17-9-10-18-16;2*1-2-4-5-3-1/h1-10H;2*1-4H. The van der Waals surface area contributed by atoms with Crippen LogP contribution in [-0.4, -0.2) is 9.97 Å². The van der Waals surface area contributed by atoms with Gasteiger partial charge in [-0.1, -0.05) is 72.8 Å². The highest BCUT2D eigenvalue weighted by molar-refractivity contribution is 7.08. The molecule has 0 radical (unpaired) electrons. The molecule has 0 atom stereocenters. The van der Waals surface area contributed by atoms with Crippen LogP contribution in [-0.2, 0) is 0 Å². The summed E-state index contributed by atoms with van der Waals surface area (Å²) in [5, 5.41) is 13.0. The molecule has 0 fully saturated rings. The lowest BCUT2D eigenvalue weighted by atomic mass is 10.00. The van der Waals surface area contributed by atoms with Gasteiger partial charge in [0.1, 0.15) is 0 Å². The van der Waals surface area contributed by atoms with Gasteiger partial charge in [0.05, 0.1) is 11.0 Å². The van der Waals surface area contributed by atoms with E-state index in [2.05, 4.69) is 46.4 Å². The van der Waals surface area contributed by atoms with Crippen LogP contribution >= 0.6 is 22.7 Å². The lowest BCUT2D eigenvalue weighted by Crippen LogP contribution is -1.87. The summed E-state index contributed by atoms with van der Waals surface area (Å²) in [6, 6.07) is 24.8. The first-order chi connectivity index (χ1) is 13.9. The monoisotopic (exact) mass is 398 g/mol. The van der Waals surface area contributed by atoms with Crippen molar-refractivity contribution in [3.05, 3.63) is 107 Å². The third kappa shape index (κ3) is 4.09. The van der Waals surface area contributed by atoms with Crippen LogP contribution in [0.4, 0.5) is 0 Å². The van der Waals surface area contributed by atoms with E-state index in [1.807, 2.05) is 57.9 Å². The Bertz CT molecular complexity index is 979. The van der Waals surface area contributed by atoms with Crippen molar-refractivity contribution in [2.24, 2.45) is 0 Å². The molecule has 6 aromatic rings. The molecule has 6 rings (SSSR count). The quantitative estimate of drug-likeness (QED) is 0.249. The number of hydrogen-bond acceptors (Lipinski definition) is 4. The normalized spacial score (nSPS) is 10.1. The zero-order chi connectivity index (χ0) is 19.0. The number of thiophene rings is 2. The first-order valence-electron chi connectivity index (χ1n) is 8.89. The van der Waals surface area contributed by atoms with E-state index in [0.717, 1.165) is 11.0 Å². The van der Waals surface area contributed by atoms with Crippen molar-refractivity contribution in [1.82, 2.24) is 9.97 Å². The van der Waals surface area contributed by atoms with Crippen molar-refractivity contribution in [2.45, 2.75) is 0 Å². The van der Waals surface area contributed by atoms with Crippen molar-refractivity contribution >= 4 is 55.3 Å². The molecule has 4 heteroatoms. The fraction of sp³-hybridized carbons (Fsp3) is 0. The molecule has 3 aromatic heterocycles. The number of aromatic nitrogens is 2. The van der Waals surface area contributed by atoms with E-state index < -0.39 is 0 Å². The van der Waals surface area contributed by atoms with Crippen LogP contribution in [0.2, 0.25) is 0 Å². The summed E-state index contributed by atoms with van der Waals surface area (Å²) in [4.78, 5) is 8.99. The molecule has 0 amide bonds. The van der Waals surface area contributed by atoms with Crippen molar-refractivity contribution in [3.63, 3.8) is 0 Å². The average Bonchev–Trinajstić information content (AvgIpc) is 3.53. The zero-order valence-electron chi connectivity index (χ0n) is 15.1. The first kappa shape index (κ1) is 18.3. The van der Waals surface area contributed by atoms with Gasteiger partial charge in [0.25, 0.3) is 0 Å². The highest BCUT2D eigenvalue weighted by atomic mass is 32.1. The van der Waals surface area contributed by atoms with E-state index in [0.29, 0.717) is 0 Å². The third-order valence-electron chi connectivity index (χ3n) is 4.20. The minimum Gasteiger partial charge on any atom is -0.252 e. The molecule has 0 aliphatic rings. The Hall–Kier alpha value is -3.08. The maximum atomic E-state index is 4.50. The molecule has 136 valence electrons. The summed E-state index contributed by atoms with van der Waals surface area (Å²) >= 11 is 3.43. The second-order valence-electron chi connectivity index (χ2n) is 5.93. The van der Waals surface area contributed by atoms with Crippen LogP contribution in [0.15, 0.2) is 107 Å². The van der Waals surface area contributed by atoms with Crippen molar-refractivity contribution in [2.75, 3.05) is 0 Å². The van der Waals surface area contributed by atoms with E-state index in [4.69, 9.17) is 0 Å². The van der Waals surface area contributed by atoms with Gasteiger partial charge < -0.3 is 0 Å². The minimum absolute atomic E-state index is 0.979. The molecule has 0 N–H and O–H groups in total. The molecule has 0 saturated carbocycles. The van der Waals surface area contributed by atoms with Gasteiger partial charge in [-0.15, -0.1) is 0 Å². The van der Waals surface area contributed by atoms with Gasteiger partial charge in [-0.05, 0) is 32.3 Å². The van der Waals surface area contributed by atoms with Gasteiger partial charge in [0, 0.05) is 23.2 Å². The Labute approximate surface area is 171 Å². The fourth-order valence-electron chi connectivity index (χ4n) is 3.03. The molecule has 0 aliphatic carbocycles. The van der Waals surface area contributed by atoms with Gasteiger partial charge in [-0.2, -0.15) is 22.7 Å². The Kier molecular flexibility index (Phi) is 6.02.